The Labute approximate surface area is 149 Å². The molecule has 2 rings (SSSR count). The normalized spacial score (nSPS) is 11.4. The minimum absolute atomic E-state index is 0.234. The van der Waals surface area contributed by atoms with E-state index < -0.39 is 5.60 Å². The third-order valence-electron chi connectivity index (χ3n) is 3.82. The summed E-state index contributed by atoms with van der Waals surface area (Å²) < 4.78 is 11.4. The van der Waals surface area contributed by atoms with Crippen LogP contribution in [0.4, 0.5) is 0 Å². The topological polar surface area (TPSA) is 62.9 Å². The molecule has 0 atom stereocenters. The van der Waals surface area contributed by atoms with Crippen LogP contribution in [0.2, 0.25) is 0 Å². The number of carbonyl (C=O) groups is 1. The Bertz CT molecular complexity index is 728. The molecule has 0 radical (unpaired) electrons. The van der Waals surface area contributed by atoms with Gasteiger partial charge in [0.2, 0.25) is 0 Å². The molecule has 0 aliphatic carbocycles. The quantitative estimate of drug-likeness (QED) is 0.831. The van der Waals surface area contributed by atoms with Crippen molar-refractivity contribution >= 4 is 5.91 Å². The molecule has 5 heteroatoms. The molecule has 0 bridgehead atoms. The highest BCUT2D eigenvalue weighted by Crippen LogP contribution is 2.21. The molecule has 0 unspecified atom stereocenters. The van der Waals surface area contributed by atoms with E-state index in [1.54, 1.807) is 30.9 Å². The van der Waals surface area contributed by atoms with Crippen molar-refractivity contribution in [3.8, 4) is 5.75 Å². The molecule has 0 fully saturated rings. The summed E-state index contributed by atoms with van der Waals surface area (Å²) in [6.45, 7) is 10.3. The van der Waals surface area contributed by atoms with Crippen LogP contribution in [0.15, 0.2) is 34.7 Å². The molecular formula is C20H27NO4. The number of benzene rings is 1. The SMILES string of the molecule is CCN(CC(C)(C)O)C(=O)c1ccc(COc2ccc(C)cc2C)o1. The number of nitrogens with zero attached hydrogens (tertiary/aromatic N) is 1. The van der Waals surface area contributed by atoms with Crippen molar-refractivity contribution in [1.29, 1.82) is 0 Å². The van der Waals surface area contributed by atoms with E-state index in [9.17, 15) is 9.90 Å². The van der Waals surface area contributed by atoms with Gasteiger partial charge in [-0.2, -0.15) is 0 Å². The smallest absolute Gasteiger partial charge is 0.289 e. The minimum atomic E-state index is -0.951. The maximum absolute atomic E-state index is 12.5. The van der Waals surface area contributed by atoms with Gasteiger partial charge < -0.3 is 19.2 Å². The molecule has 1 amide bonds. The summed E-state index contributed by atoms with van der Waals surface area (Å²) in [4.78, 5) is 14.1. The standard InChI is InChI=1S/C20H27NO4/c1-6-21(13-20(4,5)23)19(22)18-10-8-16(25-18)12-24-17-9-7-14(2)11-15(17)3/h7-11,23H,6,12-13H2,1-5H3. The number of likely N-dealkylation sites (N-methyl/N-ethyl adjacent to an activating group) is 1. The Morgan fingerprint density at radius 2 is 1.96 bits per heavy atom. The predicted octanol–water partition coefficient (Wildman–Crippen LogP) is 3.71. The van der Waals surface area contributed by atoms with Gasteiger partial charge >= 0.3 is 0 Å². The van der Waals surface area contributed by atoms with Crippen molar-refractivity contribution < 1.29 is 19.1 Å². The van der Waals surface area contributed by atoms with Crippen LogP contribution >= 0.6 is 0 Å². The number of aliphatic hydroxyl groups is 1. The van der Waals surface area contributed by atoms with Gasteiger partial charge in [-0.1, -0.05) is 17.7 Å². The lowest BCUT2D eigenvalue weighted by Gasteiger charge is -2.27. The van der Waals surface area contributed by atoms with Gasteiger partial charge in [0.05, 0.1) is 5.60 Å². The van der Waals surface area contributed by atoms with E-state index in [-0.39, 0.29) is 24.8 Å². The zero-order chi connectivity index (χ0) is 18.6. The van der Waals surface area contributed by atoms with Gasteiger partial charge in [0.15, 0.2) is 5.76 Å². The molecule has 136 valence electrons. The second-order valence-corrected chi connectivity index (χ2v) is 6.96. The largest absolute Gasteiger partial charge is 0.485 e. The van der Waals surface area contributed by atoms with Crippen LogP contribution < -0.4 is 4.74 Å². The van der Waals surface area contributed by atoms with Crippen molar-refractivity contribution in [3.05, 3.63) is 53.0 Å². The lowest BCUT2D eigenvalue weighted by atomic mass is 10.1. The molecule has 1 heterocycles. The van der Waals surface area contributed by atoms with Crippen LogP contribution in [-0.4, -0.2) is 34.6 Å². The Hall–Kier alpha value is -2.27. The molecular weight excluding hydrogens is 318 g/mol. The van der Waals surface area contributed by atoms with Gasteiger partial charge in [0.1, 0.15) is 18.1 Å². The fraction of sp³-hybridized carbons (Fsp3) is 0.450. The number of amides is 1. The molecule has 0 saturated heterocycles. The van der Waals surface area contributed by atoms with E-state index >= 15 is 0 Å². The first-order chi connectivity index (χ1) is 11.7. The fourth-order valence-corrected chi connectivity index (χ4v) is 2.63. The number of hydrogen-bond donors (Lipinski definition) is 1. The first-order valence-electron chi connectivity index (χ1n) is 8.50. The van der Waals surface area contributed by atoms with Crippen LogP contribution in [0.5, 0.6) is 5.75 Å². The van der Waals surface area contributed by atoms with Gasteiger partial charge in [0, 0.05) is 13.1 Å². The van der Waals surface area contributed by atoms with Gasteiger partial charge in [0.25, 0.3) is 5.91 Å². The van der Waals surface area contributed by atoms with Crippen LogP contribution in [-0.2, 0) is 6.61 Å². The van der Waals surface area contributed by atoms with Crippen LogP contribution in [0.1, 0.15) is 48.2 Å². The molecule has 0 aliphatic heterocycles. The monoisotopic (exact) mass is 345 g/mol. The molecule has 1 aromatic heterocycles. The van der Waals surface area contributed by atoms with Gasteiger partial charge in [-0.05, 0) is 58.4 Å². The van der Waals surface area contributed by atoms with Crippen LogP contribution in [0, 0.1) is 13.8 Å². The lowest BCUT2D eigenvalue weighted by Crippen LogP contribution is -2.42. The second-order valence-electron chi connectivity index (χ2n) is 6.96. The fourth-order valence-electron chi connectivity index (χ4n) is 2.63. The van der Waals surface area contributed by atoms with E-state index in [0.717, 1.165) is 11.3 Å². The van der Waals surface area contributed by atoms with E-state index in [0.29, 0.717) is 12.3 Å². The molecule has 1 aromatic carbocycles. The Kier molecular flexibility index (Phi) is 5.90. The summed E-state index contributed by atoms with van der Waals surface area (Å²) in [5.74, 6) is 1.41. The molecule has 5 nitrogen and oxygen atoms in total. The van der Waals surface area contributed by atoms with Crippen molar-refractivity contribution in [2.24, 2.45) is 0 Å². The summed E-state index contributed by atoms with van der Waals surface area (Å²) in [5, 5.41) is 9.93. The Balaban J connectivity index is 2.02. The van der Waals surface area contributed by atoms with Gasteiger partial charge in [-0.25, -0.2) is 0 Å². The summed E-state index contributed by atoms with van der Waals surface area (Å²) in [6.07, 6.45) is 0. The maximum atomic E-state index is 12.5. The average Bonchev–Trinajstić information content (AvgIpc) is 2.99. The van der Waals surface area contributed by atoms with Crippen molar-refractivity contribution in [1.82, 2.24) is 4.90 Å². The minimum Gasteiger partial charge on any atom is -0.485 e. The highest BCUT2D eigenvalue weighted by atomic mass is 16.5. The van der Waals surface area contributed by atoms with Crippen molar-refractivity contribution in [3.63, 3.8) is 0 Å². The number of furan rings is 1. The second kappa shape index (κ2) is 7.74. The molecule has 0 spiro atoms. The zero-order valence-electron chi connectivity index (χ0n) is 15.6. The molecule has 25 heavy (non-hydrogen) atoms. The van der Waals surface area contributed by atoms with Crippen molar-refractivity contribution in [2.75, 3.05) is 13.1 Å². The number of carbonyl (C=O) groups excluding carboxylic acids is 1. The summed E-state index contributed by atoms with van der Waals surface area (Å²) in [7, 11) is 0. The predicted molar refractivity (Wildman–Crippen MR) is 96.8 cm³/mol. The van der Waals surface area contributed by atoms with E-state index in [4.69, 9.17) is 9.15 Å². The number of hydrogen-bond acceptors (Lipinski definition) is 4. The molecule has 0 aliphatic rings. The van der Waals surface area contributed by atoms with Crippen LogP contribution in [0.3, 0.4) is 0 Å². The van der Waals surface area contributed by atoms with Gasteiger partial charge in [-0.3, -0.25) is 4.79 Å². The summed E-state index contributed by atoms with van der Waals surface area (Å²) in [5.41, 5.74) is 1.29. The molecule has 0 saturated carbocycles. The number of aryl methyl sites for hydroxylation is 2. The first kappa shape index (κ1) is 19.1. The first-order valence-corrected chi connectivity index (χ1v) is 8.50. The summed E-state index contributed by atoms with van der Waals surface area (Å²) >= 11 is 0. The number of ether oxygens (including phenoxy) is 1. The van der Waals surface area contributed by atoms with Gasteiger partial charge in [-0.15, -0.1) is 0 Å². The number of rotatable bonds is 7. The van der Waals surface area contributed by atoms with E-state index in [1.165, 1.54) is 5.56 Å². The van der Waals surface area contributed by atoms with E-state index in [1.807, 2.05) is 32.9 Å². The molecule has 2 aromatic rings. The highest BCUT2D eigenvalue weighted by molar-refractivity contribution is 5.91. The Morgan fingerprint density at radius 3 is 2.56 bits per heavy atom. The zero-order valence-corrected chi connectivity index (χ0v) is 15.6. The Morgan fingerprint density at radius 1 is 1.24 bits per heavy atom. The van der Waals surface area contributed by atoms with E-state index in [2.05, 4.69) is 6.07 Å². The summed E-state index contributed by atoms with van der Waals surface area (Å²) in [6, 6.07) is 9.38. The van der Waals surface area contributed by atoms with Crippen molar-refractivity contribution in [2.45, 2.75) is 46.8 Å². The highest BCUT2D eigenvalue weighted by Gasteiger charge is 2.24. The maximum Gasteiger partial charge on any atom is 0.289 e. The third kappa shape index (κ3) is 5.36. The third-order valence-corrected chi connectivity index (χ3v) is 3.82. The average molecular weight is 345 g/mol. The van der Waals surface area contributed by atoms with Crippen LogP contribution in [0.25, 0.3) is 0 Å². The lowest BCUT2D eigenvalue weighted by molar-refractivity contribution is 0.0297. The molecule has 1 N–H and O–H groups in total.